The van der Waals surface area contributed by atoms with E-state index in [1.807, 2.05) is 36.4 Å². The second kappa shape index (κ2) is 7.00. The first-order chi connectivity index (χ1) is 11.7. The van der Waals surface area contributed by atoms with Crippen LogP contribution in [0.15, 0.2) is 59.0 Å². The van der Waals surface area contributed by atoms with Gasteiger partial charge in [0.15, 0.2) is 0 Å². The Morgan fingerprint density at radius 2 is 1.96 bits per heavy atom. The van der Waals surface area contributed by atoms with Crippen molar-refractivity contribution < 1.29 is 13.9 Å². The number of hydrogen-bond acceptors (Lipinski definition) is 4. The number of nitrogens with one attached hydrogen (secondary N) is 2. The minimum Gasteiger partial charge on any atom is -0.460 e. The molecule has 0 saturated heterocycles. The van der Waals surface area contributed by atoms with E-state index in [9.17, 15) is 4.79 Å². The highest BCUT2D eigenvalue weighted by atomic mass is 16.5. The Bertz CT molecular complexity index is 869. The lowest BCUT2D eigenvalue weighted by Gasteiger charge is -2.08. The number of rotatable bonds is 5. The lowest BCUT2D eigenvalue weighted by Crippen LogP contribution is -2.22. The van der Waals surface area contributed by atoms with E-state index in [4.69, 9.17) is 14.6 Å². The van der Waals surface area contributed by atoms with Gasteiger partial charge in [-0.25, -0.2) is 4.79 Å². The van der Waals surface area contributed by atoms with Gasteiger partial charge in [-0.15, -0.1) is 0 Å². The maximum absolute atomic E-state index is 11.7. The number of fused-ring (bicyclic) bond motifs is 1. The van der Waals surface area contributed by atoms with E-state index in [0.717, 1.165) is 16.5 Å². The third kappa shape index (κ3) is 3.46. The molecule has 0 atom stereocenters. The summed E-state index contributed by atoms with van der Waals surface area (Å²) in [6.07, 6.45) is 0. The monoisotopic (exact) mass is 322 g/mol. The molecule has 3 rings (SSSR count). The maximum atomic E-state index is 11.7. The lowest BCUT2D eigenvalue weighted by molar-refractivity contribution is 0.0492. The number of benzene rings is 2. The summed E-state index contributed by atoms with van der Waals surface area (Å²) >= 11 is 0. The van der Waals surface area contributed by atoms with Crippen molar-refractivity contribution in [3.63, 3.8) is 0 Å². The van der Waals surface area contributed by atoms with Gasteiger partial charge < -0.3 is 14.5 Å². The zero-order chi connectivity index (χ0) is 16.9. The number of carbonyl (C=O) groups is 1. The Kier molecular flexibility index (Phi) is 4.61. The molecule has 5 nitrogen and oxygen atoms in total. The molecule has 0 fully saturated rings. The summed E-state index contributed by atoms with van der Waals surface area (Å²) in [5.41, 5.74) is 2.43. The van der Waals surface area contributed by atoms with Crippen LogP contribution in [0.3, 0.4) is 0 Å². The number of carbonyl (C=O) groups excluding carboxylic acids is 1. The summed E-state index contributed by atoms with van der Waals surface area (Å²) in [6, 6.07) is 16.9. The van der Waals surface area contributed by atoms with Gasteiger partial charge in [-0.1, -0.05) is 30.3 Å². The van der Waals surface area contributed by atoms with Crippen LogP contribution in [0.1, 0.15) is 28.6 Å². The third-order valence-electron chi connectivity index (χ3n) is 3.59. The minimum absolute atomic E-state index is 0.174. The Morgan fingerprint density at radius 3 is 2.71 bits per heavy atom. The van der Waals surface area contributed by atoms with Gasteiger partial charge >= 0.3 is 5.97 Å². The highest BCUT2D eigenvalue weighted by molar-refractivity contribution is 6.00. The zero-order valence-corrected chi connectivity index (χ0v) is 13.3. The summed E-state index contributed by atoms with van der Waals surface area (Å²) in [7, 11) is 0. The van der Waals surface area contributed by atoms with E-state index < -0.39 is 5.97 Å². The van der Waals surface area contributed by atoms with Gasteiger partial charge in [0, 0.05) is 17.5 Å². The fourth-order valence-corrected chi connectivity index (χ4v) is 2.39. The largest absolute Gasteiger partial charge is 0.460 e. The van der Waals surface area contributed by atoms with E-state index >= 15 is 0 Å². The van der Waals surface area contributed by atoms with E-state index in [0.29, 0.717) is 24.6 Å². The van der Waals surface area contributed by atoms with Crippen LogP contribution >= 0.6 is 0 Å². The number of ether oxygens (including phenoxy) is 1. The molecule has 1 heterocycles. The predicted octanol–water partition coefficient (Wildman–Crippen LogP) is 3.72. The van der Waals surface area contributed by atoms with Crippen molar-refractivity contribution in [2.75, 3.05) is 6.61 Å². The molecule has 0 unspecified atom stereocenters. The smallest absolute Gasteiger partial charge is 0.374 e. The minimum atomic E-state index is -0.479. The van der Waals surface area contributed by atoms with E-state index in [-0.39, 0.29) is 5.76 Å². The summed E-state index contributed by atoms with van der Waals surface area (Å²) < 4.78 is 10.4. The van der Waals surface area contributed by atoms with Gasteiger partial charge in [0.25, 0.3) is 0 Å². The van der Waals surface area contributed by atoms with Gasteiger partial charge in [0.1, 0.15) is 11.4 Å². The van der Waals surface area contributed by atoms with Gasteiger partial charge in [-0.2, -0.15) is 0 Å². The molecule has 2 aromatic carbocycles. The average Bonchev–Trinajstić information content (AvgIpc) is 3.04. The Labute approximate surface area is 139 Å². The first-order valence-corrected chi connectivity index (χ1v) is 7.75. The molecule has 0 spiro atoms. The lowest BCUT2D eigenvalue weighted by atomic mass is 10.1. The summed E-state index contributed by atoms with van der Waals surface area (Å²) in [5.74, 6) is 0.0138. The Hall–Kier alpha value is -3.08. The summed E-state index contributed by atoms with van der Waals surface area (Å²) in [5, 5.41) is 12.0. The quantitative estimate of drug-likeness (QED) is 0.426. The topological polar surface area (TPSA) is 75.3 Å². The van der Waals surface area contributed by atoms with Gasteiger partial charge in [-0.3, -0.25) is 5.41 Å². The van der Waals surface area contributed by atoms with E-state index in [1.165, 1.54) is 0 Å². The van der Waals surface area contributed by atoms with E-state index in [2.05, 4.69) is 5.32 Å². The molecule has 0 bridgehead atoms. The standard InChI is InChI=1S/C19H18N2O3/c1-2-23-19(22)17-11-15-10-14(8-9-16(15)24-17)18(20)21-12-13-6-4-3-5-7-13/h3-11H,2,12H2,1H3,(H2,20,21). The molecule has 0 amide bonds. The fraction of sp³-hybridized carbons (Fsp3) is 0.158. The highest BCUT2D eigenvalue weighted by Crippen LogP contribution is 2.21. The van der Waals surface area contributed by atoms with Crippen LogP contribution in [0.25, 0.3) is 11.0 Å². The zero-order valence-electron chi connectivity index (χ0n) is 13.3. The van der Waals surface area contributed by atoms with Crippen LogP contribution < -0.4 is 5.32 Å². The number of furan rings is 1. The molecular formula is C19H18N2O3. The van der Waals surface area contributed by atoms with Crippen molar-refractivity contribution >= 4 is 22.8 Å². The van der Waals surface area contributed by atoms with Crippen molar-refractivity contribution in [3.05, 3.63) is 71.5 Å². The maximum Gasteiger partial charge on any atom is 0.374 e. The third-order valence-corrected chi connectivity index (χ3v) is 3.59. The van der Waals surface area contributed by atoms with Gasteiger partial charge in [0.2, 0.25) is 5.76 Å². The summed E-state index contributed by atoms with van der Waals surface area (Å²) in [6.45, 7) is 2.63. The molecule has 0 aliphatic rings. The van der Waals surface area contributed by atoms with Crippen LogP contribution in [-0.2, 0) is 11.3 Å². The molecule has 0 radical (unpaired) electrons. The first-order valence-electron chi connectivity index (χ1n) is 7.75. The van der Waals surface area contributed by atoms with Crippen molar-refractivity contribution in [2.45, 2.75) is 13.5 Å². The average molecular weight is 322 g/mol. The van der Waals surface area contributed by atoms with Crippen molar-refractivity contribution in [1.82, 2.24) is 5.32 Å². The predicted molar refractivity (Wildman–Crippen MR) is 92.3 cm³/mol. The molecule has 0 aliphatic carbocycles. The molecule has 2 N–H and O–H groups in total. The number of hydrogen-bond donors (Lipinski definition) is 2. The normalized spacial score (nSPS) is 10.5. The van der Waals surface area contributed by atoms with Crippen LogP contribution in [0.5, 0.6) is 0 Å². The van der Waals surface area contributed by atoms with Crippen LogP contribution in [-0.4, -0.2) is 18.4 Å². The second-order valence-electron chi connectivity index (χ2n) is 5.30. The summed E-state index contributed by atoms with van der Waals surface area (Å²) in [4.78, 5) is 11.7. The SMILES string of the molecule is CCOC(=O)c1cc2cc(C(=N)NCc3ccccc3)ccc2o1. The molecular weight excluding hydrogens is 304 g/mol. The Balaban J connectivity index is 1.74. The van der Waals surface area contributed by atoms with E-state index in [1.54, 1.807) is 25.1 Å². The molecule has 0 saturated carbocycles. The molecule has 0 aliphatic heterocycles. The molecule has 24 heavy (non-hydrogen) atoms. The molecule has 3 aromatic rings. The Morgan fingerprint density at radius 1 is 1.17 bits per heavy atom. The van der Waals surface area contributed by atoms with Crippen molar-refractivity contribution in [1.29, 1.82) is 5.41 Å². The molecule has 1 aromatic heterocycles. The van der Waals surface area contributed by atoms with Gasteiger partial charge in [0.05, 0.1) is 6.61 Å². The van der Waals surface area contributed by atoms with Crippen LogP contribution in [0, 0.1) is 5.41 Å². The molecule has 5 heteroatoms. The number of amidine groups is 1. The first kappa shape index (κ1) is 15.8. The van der Waals surface area contributed by atoms with Crippen LogP contribution in [0.4, 0.5) is 0 Å². The van der Waals surface area contributed by atoms with Gasteiger partial charge in [-0.05, 0) is 36.8 Å². The van der Waals surface area contributed by atoms with Crippen molar-refractivity contribution in [2.24, 2.45) is 0 Å². The van der Waals surface area contributed by atoms with Crippen molar-refractivity contribution in [3.8, 4) is 0 Å². The fourth-order valence-electron chi connectivity index (χ4n) is 2.39. The number of esters is 1. The van der Waals surface area contributed by atoms with Crippen LogP contribution in [0.2, 0.25) is 0 Å². The second-order valence-corrected chi connectivity index (χ2v) is 5.30. The highest BCUT2D eigenvalue weighted by Gasteiger charge is 2.14. The molecule has 122 valence electrons.